The lowest BCUT2D eigenvalue weighted by atomic mass is 9.96. The van der Waals surface area contributed by atoms with E-state index in [0.29, 0.717) is 18.7 Å². The Morgan fingerprint density at radius 1 is 1.24 bits per heavy atom. The molecule has 2 heterocycles. The van der Waals surface area contributed by atoms with Crippen LogP contribution in [-0.2, 0) is 6.42 Å². The van der Waals surface area contributed by atoms with Gasteiger partial charge in [0.05, 0.1) is 0 Å². The van der Waals surface area contributed by atoms with E-state index in [2.05, 4.69) is 30.2 Å². The van der Waals surface area contributed by atoms with Crippen LogP contribution in [0.1, 0.15) is 30.3 Å². The Morgan fingerprint density at radius 3 is 2.76 bits per heavy atom. The molecule has 21 heavy (non-hydrogen) atoms. The van der Waals surface area contributed by atoms with Crippen LogP contribution in [0.2, 0.25) is 0 Å². The normalized spacial score (nSPS) is 22.0. The van der Waals surface area contributed by atoms with Crippen molar-refractivity contribution in [3.63, 3.8) is 0 Å². The number of thiophene rings is 1. The molecule has 4 heteroatoms. The van der Waals surface area contributed by atoms with Gasteiger partial charge in [0, 0.05) is 29.2 Å². The number of fused-ring (bicyclic) bond motifs is 1. The second kappa shape index (κ2) is 6.08. The summed E-state index contributed by atoms with van der Waals surface area (Å²) in [7, 11) is 0. The van der Waals surface area contributed by atoms with E-state index in [4.69, 9.17) is 10.5 Å². The zero-order valence-electron chi connectivity index (χ0n) is 12.6. The highest BCUT2D eigenvalue weighted by atomic mass is 32.1. The molecule has 1 aromatic heterocycles. The van der Waals surface area contributed by atoms with Gasteiger partial charge in [-0.3, -0.25) is 4.90 Å². The Hall–Kier alpha value is -1.52. The van der Waals surface area contributed by atoms with E-state index in [9.17, 15) is 0 Å². The molecule has 0 bridgehead atoms. The van der Waals surface area contributed by atoms with E-state index in [1.165, 1.54) is 5.56 Å². The molecule has 0 saturated carbocycles. The van der Waals surface area contributed by atoms with Crippen LogP contribution in [0.15, 0.2) is 35.7 Å². The zero-order valence-corrected chi connectivity index (χ0v) is 13.4. The lowest BCUT2D eigenvalue weighted by molar-refractivity contribution is 0.114. The van der Waals surface area contributed by atoms with Gasteiger partial charge in [-0.1, -0.05) is 0 Å². The Kier molecular flexibility index (Phi) is 4.17. The quantitative estimate of drug-likeness (QED) is 0.875. The van der Waals surface area contributed by atoms with Crippen molar-refractivity contribution in [2.45, 2.75) is 32.4 Å². The molecule has 3 nitrogen and oxygen atoms in total. The topological polar surface area (TPSA) is 38.5 Å². The maximum Gasteiger partial charge on any atom is 0.119 e. The molecule has 2 aromatic rings. The summed E-state index contributed by atoms with van der Waals surface area (Å²) in [6.07, 6.45) is 1.15. The number of nitrogens with zero attached hydrogens (tertiary/aromatic N) is 1. The van der Waals surface area contributed by atoms with E-state index >= 15 is 0 Å². The molecular weight excluding hydrogens is 280 g/mol. The van der Waals surface area contributed by atoms with Crippen LogP contribution in [-0.4, -0.2) is 24.1 Å². The Balaban J connectivity index is 1.59. The fraction of sp³-hybridized carbons (Fsp3) is 0.412. The van der Waals surface area contributed by atoms with Crippen LogP contribution in [0.4, 0.5) is 5.69 Å². The van der Waals surface area contributed by atoms with Crippen LogP contribution >= 0.6 is 11.3 Å². The number of nitrogens with two attached hydrogens (primary N) is 1. The van der Waals surface area contributed by atoms with E-state index in [0.717, 1.165) is 24.4 Å². The summed E-state index contributed by atoms with van der Waals surface area (Å²) in [5.41, 5.74) is 7.94. The van der Waals surface area contributed by atoms with E-state index in [1.54, 1.807) is 4.88 Å². The van der Waals surface area contributed by atoms with Gasteiger partial charge in [-0.2, -0.15) is 0 Å². The second-order valence-electron chi connectivity index (χ2n) is 5.68. The maximum absolute atomic E-state index is 5.84. The highest BCUT2D eigenvalue weighted by Gasteiger charge is 2.29. The molecule has 0 spiro atoms. The number of hydrogen-bond acceptors (Lipinski definition) is 4. The monoisotopic (exact) mass is 302 g/mol. The van der Waals surface area contributed by atoms with Gasteiger partial charge in [0.1, 0.15) is 12.4 Å². The number of rotatable bonds is 4. The smallest absolute Gasteiger partial charge is 0.119 e. The summed E-state index contributed by atoms with van der Waals surface area (Å²) >= 11 is 1.89. The standard InChI is InChI=1S/C17H22N2OS/c1-12-11-17-16(7-10-21-17)13(2)19(12)8-9-20-15-5-3-14(18)4-6-15/h3-7,10,12-13H,8-9,11,18H2,1-2H3. The minimum Gasteiger partial charge on any atom is -0.492 e. The number of anilines is 1. The van der Waals surface area contributed by atoms with Gasteiger partial charge in [0.15, 0.2) is 0 Å². The van der Waals surface area contributed by atoms with Crippen molar-refractivity contribution >= 4 is 17.0 Å². The maximum atomic E-state index is 5.84. The summed E-state index contributed by atoms with van der Waals surface area (Å²) in [5, 5.41) is 2.21. The fourth-order valence-corrected chi connectivity index (χ4v) is 4.17. The SMILES string of the molecule is CC1Cc2sccc2C(C)N1CCOc1ccc(N)cc1. The molecule has 112 valence electrons. The van der Waals surface area contributed by atoms with Crippen LogP contribution in [0.25, 0.3) is 0 Å². The first kappa shape index (κ1) is 14.4. The molecule has 3 rings (SSSR count). The number of ether oxygens (including phenoxy) is 1. The first-order valence-electron chi connectivity index (χ1n) is 7.45. The highest BCUT2D eigenvalue weighted by molar-refractivity contribution is 7.10. The summed E-state index contributed by atoms with van der Waals surface area (Å²) in [5.74, 6) is 0.887. The van der Waals surface area contributed by atoms with Crippen LogP contribution in [0.3, 0.4) is 0 Å². The number of nitrogen functional groups attached to an aromatic ring is 1. The van der Waals surface area contributed by atoms with Crippen molar-refractivity contribution in [2.75, 3.05) is 18.9 Å². The molecule has 0 saturated heterocycles. The average Bonchev–Trinajstić information content (AvgIpc) is 2.93. The predicted molar refractivity (Wildman–Crippen MR) is 89.0 cm³/mol. The molecule has 0 radical (unpaired) electrons. The summed E-state index contributed by atoms with van der Waals surface area (Å²) in [4.78, 5) is 4.08. The van der Waals surface area contributed by atoms with Crippen molar-refractivity contribution < 1.29 is 4.74 Å². The minimum absolute atomic E-state index is 0.477. The van der Waals surface area contributed by atoms with Gasteiger partial charge in [-0.25, -0.2) is 0 Å². The fourth-order valence-electron chi connectivity index (χ4n) is 3.08. The molecule has 2 atom stereocenters. The van der Waals surface area contributed by atoms with Gasteiger partial charge >= 0.3 is 0 Å². The Labute approximate surface area is 130 Å². The van der Waals surface area contributed by atoms with Gasteiger partial charge < -0.3 is 10.5 Å². The molecule has 2 unspecified atom stereocenters. The summed E-state index contributed by atoms with van der Waals surface area (Å²) in [6.45, 7) is 6.26. The molecule has 1 aliphatic rings. The third kappa shape index (κ3) is 3.06. The minimum atomic E-state index is 0.477. The van der Waals surface area contributed by atoms with E-state index in [1.807, 2.05) is 35.6 Å². The lowest BCUT2D eigenvalue weighted by Crippen LogP contribution is -2.42. The van der Waals surface area contributed by atoms with E-state index in [-0.39, 0.29) is 0 Å². The van der Waals surface area contributed by atoms with Gasteiger partial charge in [0.2, 0.25) is 0 Å². The lowest BCUT2D eigenvalue weighted by Gasteiger charge is -2.38. The Bertz CT molecular complexity index is 593. The van der Waals surface area contributed by atoms with Crippen LogP contribution < -0.4 is 10.5 Å². The first-order chi connectivity index (χ1) is 10.1. The van der Waals surface area contributed by atoms with Crippen molar-refractivity contribution in [1.29, 1.82) is 0 Å². The summed E-state index contributed by atoms with van der Waals surface area (Å²) in [6, 6.07) is 10.9. The first-order valence-corrected chi connectivity index (χ1v) is 8.33. The third-order valence-electron chi connectivity index (χ3n) is 4.27. The predicted octanol–water partition coefficient (Wildman–Crippen LogP) is 3.72. The number of hydrogen-bond donors (Lipinski definition) is 1. The van der Waals surface area contributed by atoms with Crippen LogP contribution in [0, 0.1) is 0 Å². The van der Waals surface area contributed by atoms with Crippen molar-refractivity contribution in [3.05, 3.63) is 46.2 Å². The molecule has 2 N–H and O–H groups in total. The highest BCUT2D eigenvalue weighted by Crippen LogP contribution is 2.35. The van der Waals surface area contributed by atoms with E-state index < -0.39 is 0 Å². The van der Waals surface area contributed by atoms with Crippen molar-refractivity contribution in [3.8, 4) is 5.75 Å². The van der Waals surface area contributed by atoms with Gasteiger partial charge in [0.25, 0.3) is 0 Å². The average molecular weight is 302 g/mol. The van der Waals surface area contributed by atoms with Crippen molar-refractivity contribution in [2.24, 2.45) is 0 Å². The second-order valence-corrected chi connectivity index (χ2v) is 6.68. The molecule has 1 aromatic carbocycles. The molecule has 0 amide bonds. The largest absolute Gasteiger partial charge is 0.492 e. The van der Waals surface area contributed by atoms with Gasteiger partial charge in [-0.05, 0) is 61.5 Å². The molecule has 0 aliphatic carbocycles. The van der Waals surface area contributed by atoms with Crippen LogP contribution in [0.5, 0.6) is 5.75 Å². The number of benzene rings is 1. The van der Waals surface area contributed by atoms with Gasteiger partial charge in [-0.15, -0.1) is 11.3 Å². The molecule has 0 fully saturated rings. The third-order valence-corrected chi connectivity index (χ3v) is 5.23. The molecule has 1 aliphatic heterocycles. The molecular formula is C17H22N2OS. The summed E-state index contributed by atoms with van der Waals surface area (Å²) < 4.78 is 5.84. The zero-order chi connectivity index (χ0) is 14.8. The van der Waals surface area contributed by atoms with Crippen molar-refractivity contribution in [1.82, 2.24) is 4.90 Å². The Morgan fingerprint density at radius 2 is 2.00 bits per heavy atom.